The highest BCUT2D eigenvalue weighted by atomic mass is 35.5. The van der Waals surface area contributed by atoms with Crippen molar-refractivity contribution in [2.45, 2.75) is 32.2 Å². The van der Waals surface area contributed by atoms with Crippen LogP contribution in [0.2, 0.25) is 10.0 Å². The van der Waals surface area contributed by atoms with E-state index in [1.807, 2.05) is 6.92 Å². The Kier molecular flexibility index (Phi) is 6.61. The minimum Gasteiger partial charge on any atom is -0.480 e. The number of carboxylic acids is 1. The monoisotopic (exact) mass is 318 g/mol. The van der Waals surface area contributed by atoms with Crippen molar-refractivity contribution < 1.29 is 14.7 Å². The van der Waals surface area contributed by atoms with E-state index in [1.54, 1.807) is 12.1 Å². The van der Waals surface area contributed by atoms with Gasteiger partial charge in [-0.2, -0.15) is 0 Å². The van der Waals surface area contributed by atoms with Gasteiger partial charge in [-0.1, -0.05) is 43.0 Å². The molecule has 0 bridgehead atoms. The van der Waals surface area contributed by atoms with Crippen molar-refractivity contribution in [3.8, 4) is 0 Å². The van der Waals surface area contributed by atoms with Gasteiger partial charge in [0.25, 0.3) is 0 Å². The highest BCUT2D eigenvalue weighted by molar-refractivity contribution is 6.42. The Labute approximate surface area is 127 Å². The van der Waals surface area contributed by atoms with Crippen LogP contribution in [0.1, 0.15) is 26.2 Å². The molecule has 0 radical (unpaired) electrons. The first-order valence-electron chi connectivity index (χ1n) is 6.19. The van der Waals surface area contributed by atoms with E-state index in [0.29, 0.717) is 22.2 Å². The van der Waals surface area contributed by atoms with Gasteiger partial charge in [0.1, 0.15) is 6.04 Å². The van der Waals surface area contributed by atoms with Gasteiger partial charge in [0.2, 0.25) is 0 Å². The Bertz CT molecular complexity index is 495. The fraction of sp³-hybridized carbons (Fsp3) is 0.385. The quantitative estimate of drug-likeness (QED) is 0.747. The van der Waals surface area contributed by atoms with Crippen LogP contribution in [0.15, 0.2) is 18.2 Å². The number of halogens is 2. The maximum Gasteiger partial charge on any atom is 0.326 e. The average Bonchev–Trinajstić information content (AvgIpc) is 2.38. The first kappa shape index (κ1) is 16.6. The first-order valence-corrected chi connectivity index (χ1v) is 6.95. The zero-order valence-electron chi connectivity index (χ0n) is 11.0. The molecular formula is C13H16Cl2N2O3. The van der Waals surface area contributed by atoms with Gasteiger partial charge in [-0.15, -0.1) is 0 Å². The third-order valence-corrected chi connectivity index (χ3v) is 3.37. The molecule has 1 atom stereocenters. The molecule has 110 valence electrons. The number of amides is 2. The first-order chi connectivity index (χ1) is 9.43. The fourth-order valence-corrected chi connectivity index (χ4v) is 1.86. The van der Waals surface area contributed by atoms with Crippen LogP contribution < -0.4 is 10.6 Å². The second-order valence-corrected chi connectivity index (χ2v) is 5.07. The smallest absolute Gasteiger partial charge is 0.326 e. The molecule has 0 spiro atoms. The van der Waals surface area contributed by atoms with Gasteiger partial charge in [0.15, 0.2) is 0 Å². The van der Waals surface area contributed by atoms with E-state index in [4.69, 9.17) is 28.3 Å². The molecule has 1 aromatic rings. The van der Waals surface area contributed by atoms with Crippen molar-refractivity contribution in [2.75, 3.05) is 5.32 Å². The number of benzene rings is 1. The standard InChI is InChI=1S/C13H16Cl2N2O3/c1-2-3-4-11(12(18)19)17-13(20)16-8-5-6-9(14)10(15)7-8/h5-7,11H,2-4H2,1H3,(H,18,19)(H2,16,17,20). The van der Waals surface area contributed by atoms with Crippen molar-refractivity contribution in [2.24, 2.45) is 0 Å². The van der Waals surface area contributed by atoms with Crippen LogP contribution in [-0.4, -0.2) is 23.1 Å². The Morgan fingerprint density at radius 3 is 2.55 bits per heavy atom. The summed E-state index contributed by atoms with van der Waals surface area (Å²) < 4.78 is 0. The highest BCUT2D eigenvalue weighted by Gasteiger charge is 2.19. The number of rotatable bonds is 6. The fourth-order valence-electron chi connectivity index (χ4n) is 1.56. The molecule has 0 aliphatic rings. The third-order valence-electron chi connectivity index (χ3n) is 2.63. The Morgan fingerprint density at radius 1 is 1.30 bits per heavy atom. The lowest BCUT2D eigenvalue weighted by molar-refractivity contribution is -0.139. The van der Waals surface area contributed by atoms with Crippen molar-refractivity contribution in [3.63, 3.8) is 0 Å². The molecule has 0 saturated carbocycles. The summed E-state index contributed by atoms with van der Waals surface area (Å²) in [4.78, 5) is 22.7. The van der Waals surface area contributed by atoms with Gasteiger partial charge >= 0.3 is 12.0 Å². The molecule has 20 heavy (non-hydrogen) atoms. The Hall–Kier alpha value is -1.46. The average molecular weight is 319 g/mol. The van der Waals surface area contributed by atoms with Crippen molar-refractivity contribution in [1.82, 2.24) is 5.32 Å². The van der Waals surface area contributed by atoms with E-state index in [0.717, 1.165) is 12.8 Å². The van der Waals surface area contributed by atoms with Crippen molar-refractivity contribution in [3.05, 3.63) is 28.2 Å². The number of anilines is 1. The summed E-state index contributed by atoms with van der Waals surface area (Å²) in [6.07, 6.45) is 1.98. The molecule has 0 heterocycles. The van der Waals surface area contributed by atoms with Gasteiger partial charge < -0.3 is 15.7 Å². The molecule has 1 aromatic carbocycles. The summed E-state index contributed by atoms with van der Waals surface area (Å²) in [7, 11) is 0. The topological polar surface area (TPSA) is 78.4 Å². The maximum absolute atomic E-state index is 11.7. The normalized spacial score (nSPS) is 11.8. The van der Waals surface area contributed by atoms with Crippen LogP contribution in [0.5, 0.6) is 0 Å². The summed E-state index contributed by atoms with van der Waals surface area (Å²) in [6.45, 7) is 1.95. The number of carboxylic acid groups (broad SMARTS) is 1. The molecule has 5 nitrogen and oxygen atoms in total. The van der Waals surface area contributed by atoms with E-state index in [-0.39, 0.29) is 0 Å². The number of carbonyl (C=O) groups excluding carboxylic acids is 1. The highest BCUT2D eigenvalue weighted by Crippen LogP contribution is 2.24. The lowest BCUT2D eigenvalue weighted by Crippen LogP contribution is -2.42. The lowest BCUT2D eigenvalue weighted by atomic mass is 10.1. The summed E-state index contributed by atoms with van der Waals surface area (Å²) in [5.41, 5.74) is 0.441. The number of nitrogens with one attached hydrogen (secondary N) is 2. The largest absolute Gasteiger partial charge is 0.480 e. The van der Waals surface area contributed by atoms with Crippen molar-refractivity contribution in [1.29, 1.82) is 0 Å². The van der Waals surface area contributed by atoms with Gasteiger partial charge in [-0.05, 0) is 24.6 Å². The summed E-state index contributed by atoms with van der Waals surface area (Å²) >= 11 is 11.6. The van der Waals surface area contributed by atoms with Crippen LogP contribution in [-0.2, 0) is 4.79 Å². The maximum atomic E-state index is 11.7. The zero-order chi connectivity index (χ0) is 15.1. The number of hydrogen-bond donors (Lipinski definition) is 3. The lowest BCUT2D eigenvalue weighted by Gasteiger charge is -2.15. The minimum absolute atomic E-state index is 0.310. The number of urea groups is 1. The van der Waals surface area contributed by atoms with Crippen LogP contribution in [0.4, 0.5) is 10.5 Å². The molecule has 0 aliphatic heterocycles. The molecule has 1 unspecified atom stereocenters. The van der Waals surface area contributed by atoms with E-state index in [9.17, 15) is 9.59 Å². The number of unbranched alkanes of at least 4 members (excludes halogenated alkanes) is 1. The Balaban J connectivity index is 2.60. The summed E-state index contributed by atoms with van der Waals surface area (Å²) in [6, 6.07) is 3.12. The zero-order valence-corrected chi connectivity index (χ0v) is 12.5. The molecule has 3 N–H and O–H groups in total. The second kappa shape index (κ2) is 7.97. The number of carbonyl (C=O) groups is 2. The van der Waals surface area contributed by atoms with E-state index >= 15 is 0 Å². The molecule has 1 rings (SSSR count). The number of hydrogen-bond acceptors (Lipinski definition) is 2. The minimum atomic E-state index is -1.05. The second-order valence-electron chi connectivity index (χ2n) is 4.26. The van der Waals surface area contributed by atoms with Crippen LogP contribution in [0.25, 0.3) is 0 Å². The predicted octanol–water partition coefficient (Wildman–Crippen LogP) is 3.76. The SMILES string of the molecule is CCCCC(NC(=O)Nc1ccc(Cl)c(Cl)c1)C(=O)O. The molecular weight excluding hydrogens is 303 g/mol. The van der Waals surface area contributed by atoms with E-state index in [2.05, 4.69) is 10.6 Å². The summed E-state index contributed by atoms with van der Waals surface area (Å²) in [5, 5.41) is 14.6. The van der Waals surface area contributed by atoms with Gasteiger partial charge in [0.05, 0.1) is 10.0 Å². The molecule has 0 fully saturated rings. The van der Waals surface area contributed by atoms with Gasteiger partial charge in [0, 0.05) is 5.69 Å². The van der Waals surface area contributed by atoms with Crippen LogP contribution in [0, 0.1) is 0 Å². The van der Waals surface area contributed by atoms with E-state index < -0.39 is 18.0 Å². The molecule has 0 aromatic heterocycles. The molecule has 2 amide bonds. The summed E-state index contributed by atoms with van der Waals surface area (Å²) in [5.74, 6) is -1.05. The van der Waals surface area contributed by atoms with Crippen molar-refractivity contribution >= 4 is 40.9 Å². The van der Waals surface area contributed by atoms with Crippen LogP contribution >= 0.6 is 23.2 Å². The molecule has 0 saturated heterocycles. The van der Waals surface area contributed by atoms with E-state index in [1.165, 1.54) is 6.07 Å². The Morgan fingerprint density at radius 2 is 2.00 bits per heavy atom. The molecule has 0 aliphatic carbocycles. The van der Waals surface area contributed by atoms with Gasteiger partial charge in [-0.25, -0.2) is 9.59 Å². The molecule has 7 heteroatoms. The van der Waals surface area contributed by atoms with Gasteiger partial charge in [-0.3, -0.25) is 0 Å². The van der Waals surface area contributed by atoms with Crippen LogP contribution in [0.3, 0.4) is 0 Å². The number of aliphatic carboxylic acids is 1. The third kappa shape index (κ3) is 5.27. The predicted molar refractivity (Wildman–Crippen MR) is 79.6 cm³/mol.